The summed E-state index contributed by atoms with van der Waals surface area (Å²) in [4.78, 5) is 4.16. The quantitative estimate of drug-likeness (QED) is 0.904. The Labute approximate surface area is 115 Å². The fourth-order valence-electron chi connectivity index (χ4n) is 1.51. The molecule has 0 saturated carbocycles. The standard InChI is InChI=1S/C13H15F2N5/c1-13(2,3)19-11-7-16-20-12(18-11)17-10-5-4-8(14)6-9(10)15/h4-7H,1-3H3,(H2,17,18,19,20). The van der Waals surface area contributed by atoms with Gasteiger partial charge in [-0.05, 0) is 32.9 Å². The van der Waals surface area contributed by atoms with Crippen LogP contribution in [0.2, 0.25) is 0 Å². The van der Waals surface area contributed by atoms with E-state index in [4.69, 9.17) is 0 Å². The number of hydrogen-bond donors (Lipinski definition) is 2. The molecule has 106 valence electrons. The highest BCUT2D eigenvalue weighted by atomic mass is 19.1. The predicted molar refractivity (Wildman–Crippen MR) is 72.8 cm³/mol. The van der Waals surface area contributed by atoms with E-state index in [1.54, 1.807) is 0 Å². The van der Waals surface area contributed by atoms with Crippen LogP contribution in [-0.2, 0) is 0 Å². The summed E-state index contributed by atoms with van der Waals surface area (Å²) in [5, 5.41) is 13.3. The number of nitrogens with zero attached hydrogens (tertiary/aromatic N) is 3. The molecule has 0 saturated heterocycles. The van der Waals surface area contributed by atoms with E-state index in [1.807, 2.05) is 20.8 Å². The summed E-state index contributed by atoms with van der Waals surface area (Å²) < 4.78 is 26.3. The maximum atomic E-state index is 13.5. The van der Waals surface area contributed by atoms with Crippen molar-refractivity contribution in [3.8, 4) is 0 Å². The van der Waals surface area contributed by atoms with Gasteiger partial charge in [0.05, 0.1) is 11.9 Å². The molecule has 0 radical (unpaired) electrons. The molecule has 20 heavy (non-hydrogen) atoms. The minimum absolute atomic E-state index is 0.0844. The van der Waals surface area contributed by atoms with Gasteiger partial charge in [0, 0.05) is 11.6 Å². The zero-order chi connectivity index (χ0) is 14.8. The van der Waals surface area contributed by atoms with Gasteiger partial charge in [0.25, 0.3) is 0 Å². The first-order valence-electron chi connectivity index (χ1n) is 6.03. The van der Waals surface area contributed by atoms with Crippen molar-refractivity contribution in [2.75, 3.05) is 10.6 Å². The van der Waals surface area contributed by atoms with Crippen molar-refractivity contribution < 1.29 is 8.78 Å². The number of nitrogens with one attached hydrogen (secondary N) is 2. The molecule has 7 heteroatoms. The summed E-state index contributed by atoms with van der Waals surface area (Å²) in [5.74, 6) is -0.722. The average molecular weight is 279 g/mol. The van der Waals surface area contributed by atoms with Crippen LogP contribution < -0.4 is 10.6 Å². The molecule has 0 unspecified atom stereocenters. The zero-order valence-corrected chi connectivity index (χ0v) is 11.4. The number of rotatable bonds is 3. The lowest BCUT2D eigenvalue weighted by molar-refractivity contribution is 0.585. The van der Waals surface area contributed by atoms with Crippen molar-refractivity contribution in [3.05, 3.63) is 36.0 Å². The van der Waals surface area contributed by atoms with Crippen molar-refractivity contribution in [3.63, 3.8) is 0 Å². The molecule has 0 atom stereocenters. The number of aromatic nitrogens is 3. The maximum Gasteiger partial charge on any atom is 0.249 e. The normalized spacial score (nSPS) is 11.2. The van der Waals surface area contributed by atoms with E-state index in [-0.39, 0.29) is 17.2 Å². The first kappa shape index (κ1) is 14.1. The molecule has 1 aromatic carbocycles. The molecule has 1 heterocycles. The van der Waals surface area contributed by atoms with Gasteiger partial charge in [0.1, 0.15) is 11.6 Å². The largest absolute Gasteiger partial charge is 0.364 e. The molecular formula is C13H15F2N5. The van der Waals surface area contributed by atoms with E-state index in [0.717, 1.165) is 12.1 Å². The Balaban J connectivity index is 2.19. The zero-order valence-electron chi connectivity index (χ0n) is 11.4. The van der Waals surface area contributed by atoms with Crippen LogP contribution in [0.5, 0.6) is 0 Å². The first-order chi connectivity index (χ1) is 9.33. The molecule has 1 aromatic heterocycles. The first-order valence-corrected chi connectivity index (χ1v) is 6.03. The van der Waals surface area contributed by atoms with Crippen LogP contribution in [0, 0.1) is 11.6 Å². The van der Waals surface area contributed by atoms with Crippen molar-refractivity contribution in [1.82, 2.24) is 15.2 Å². The summed E-state index contributed by atoms with van der Waals surface area (Å²) >= 11 is 0. The van der Waals surface area contributed by atoms with Gasteiger partial charge in [0.15, 0.2) is 5.82 Å². The number of benzene rings is 1. The van der Waals surface area contributed by atoms with Crippen LogP contribution in [-0.4, -0.2) is 20.7 Å². The molecule has 5 nitrogen and oxygen atoms in total. The van der Waals surface area contributed by atoms with Gasteiger partial charge in [-0.2, -0.15) is 10.1 Å². The van der Waals surface area contributed by atoms with E-state index in [2.05, 4.69) is 25.8 Å². The molecule has 0 aliphatic rings. The third kappa shape index (κ3) is 3.84. The van der Waals surface area contributed by atoms with E-state index >= 15 is 0 Å². The van der Waals surface area contributed by atoms with Crippen molar-refractivity contribution in [2.24, 2.45) is 0 Å². The SMILES string of the molecule is CC(C)(C)Nc1cnnc(Nc2ccc(F)cc2F)n1. The summed E-state index contributed by atoms with van der Waals surface area (Å²) in [7, 11) is 0. The molecule has 0 bridgehead atoms. The smallest absolute Gasteiger partial charge is 0.249 e. The monoisotopic (exact) mass is 279 g/mol. The molecule has 2 aromatic rings. The second kappa shape index (κ2) is 5.36. The molecule has 2 rings (SSSR count). The maximum absolute atomic E-state index is 13.5. The summed E-state index contributed by atoms with van der Waals surface area (Å²) in [6, 6.07) is 3.21. The third-order valence-corrected chi connectivity index (χ3v) is 2.24. The Bertz CT molecular complexity index is 610. The number of halogens is 2. The highest BCUT2D eigenvalue weighted by Crippen LogP contribution is 2.19. The lowest BCUT2D eigenvalue weighted by Gasteiger charge is -2.20. The third-order valence-electron chi connectivity index (χ3n) is 2.24. The molecule has 0 spiro atoms. The van der Waals surface area contributed by atoms with Crippen LogP contribution in [0.3, 0.4) is 0 Å². The van der Waals surface area contributed by atoms with Gasteiger partial charge < -0.3 is 10.6 Å². The van der Waals surface area contributed by atoms with Gasteiger partial charge in [-0.1, -0.05) is 0 Å². The van der Waals surface area contributed by atoms with E-state index in [0.29, 0.717) is 5.82 Å². The molecule has 2 N–H and O–H groups in total. The summed E-state index contributed by atoms with van der Waals surface area (Å²) in [5.41, 5.74) is -0.102. The summed E-state index contributed by atoms with van der Waals surface area (Å²) in [6.45, 7) is 5.92. The Morgan fingerprint density at radius 3 is 2.55 bits per heavy atom. The molecule has 0 aliphatic carbocycles. The second-order valence-corrected chi connectivity index (χ2v) is 5.29. The Morgan fingerprint density at radius 1 is 1.15 bits per heavy atom. The highest BCUT2D eigenvalue weighted by molar-refractivity contribution is 5.54. The fraction of sp³-hybridized carbons (Fsp3) is 0.308. The molecule has 0 aliphatic heterocycles. The van der Waals surface area contributed by atoms with E-state index < -0.39 is 11.6 Å². The average Bonchev–Trinajstić information content (AvgIpc) is 2.31. The number of hydrogen-bond acceptors (Lipinski definition) is 5. The van der Waals surface area contributed by atoms with Gasteiger partial charge in [-0.3, -0.25) is 0 Å². The fourth-order valence-corrected chi connectivity index (χ4v) is 1.51. The van der Waals surface area contributed by atoms with E-state index in [9.17, 15) is 8.78 Å². The van der Waals surface area contributed by atoms with Crippen LogP contribution in [0.1, 0.15) is 20.8 Å². The van der Waals surface area contributed by atoms with Gasteiger partial charge in [0.2, 0.25) is 5.95 Å². The lowest BCUT2D eigenvalue weighted by Crippen LogP contribution is -2.27. The van der Waals surface area contributed by atoms with Gasteiger partial charge in [-0.15, -0.1) is 5.10 Å². The van der Waals surface area contributed by atoms with Gasteiger partial charge in [-0.25, -0.2) is 8.78 Å². The lowest BCUT2D eigenvalue weighted by atomic mass is 10.1. The summed E-state index contributed by atoms with van der Waals surface area (Å²) in [6.07, 6.45) is 1.47. The molecular weight excluding hydrogens is 264 g/mol. The minimum Gasteiger partial charge on any atom is -0.364 e. The minimum atomic E-state index is -0.720. The van der Waals surface area contributed by atoms with Crippen LogP contribution in [0.4, 0.5) is 26.2 Å². The molecule has 0 amide bonds. The highest BCUT2D eigenvalue weighted by Gasteiger charge is 2.12. The Morgan fingerprint density at radius 2 is 1.90 bits per heavy atom. The Hall–Kier alpha value is -2.31. The number of anilines is 3. The van der Waals surface area contributed by atoms with E-state index in [1.165, 1.54) is 12.3 Å². The van der Waals surface area contributed by atoms with Crippen LogP contribution in [0.25, 0.3) is 0 Å². The van der Waals surface area contributed by atoms with Crippen molar-refractivity contribution >= 4 is 17.5 Å². The van der Waals surface area contributed by atoms with Crippen LogP contribution >= 0.6 is 0 Å². The predicted octanol–water partition coefficient (Wildman–Crippen LogP) is 3.10. The van der Waals surface area contributed by atoms with Crippen LogP contribution in [0.15, 0.2) is 24.4 Å². The Kier molecular flexibility index (Phi) is 3.78. The van der Waals surface area contributed by atoms with Gasteiger partial charge >= 0.3 is 0 Å². The second-order valence-electron chi connectivity index (χ2n) is 5.29. The van der Waals surface area contributed by atoms with Crippen molar-refractivity contribution in [2.45, 2.75) is 26.3 Å². The molecule has 0 fully saturated rings. The topological polar surface area (TPSA) is 62.7 Å². The van der Waals surface area contributed by atoms with Crippen molar-refractivity contribution in [1.29, 1.82) is 0 Å².